The zero-order valence-corrected chi connectivity index (χ0v) is 18.9. The molecule has 164 valence electrons. The van der Waals surface area contributed by atoms with Gasteiger partial charge >= 0.3 is 0 Å². The predicted molar refractivity (Wildman–Crippen MR) is 121 cm³/mol. The van der Waals surface area contributed by atoms with Crippen LogP contribution in [0.2, 0.25) is 5.15 Å². The minimum absolute atomic E-state index is 0.0359. The summed E-state index contributed by atoms with van der Waals surface area (Å²) in [4.78, 5) is 20.8. The van der Waals surface area contributed by atoms with E-state index >= 15 is 0 Å². The molecule has 8 nitrogen and oxygen atoms in total. The first-order valence-electron chi connectivity index (χ1n) is 9.90. The van der Waals surface area contributed by atoms with Gasteiger partial charge in [-0.1, -0.05) is 42.2 Å². The number of amides is 1. The molecule has 0 saturated heterocycles. The lowest BCUT2D eigenvalue weighted by molar-refractivity contribution is 0.102. The fourth-order valence-corrected chi connectivity index (χ4v) is 3.83. The Morgan fingerprint density at radius 3 is 2.58 bits per heavy atom. The highest BCUT2D eigenvalue weighted by atomic mass is 35.5. The number of carbonyl (C=O) groups is 1. The molecule has 1 fully saturated rings. The van der Waals surface area contributed by atoms with Crippen LogP contribution in [0.5, 0.6) is 5.75 Å². The third kappa shape index (κ3) is 6.43. The van der Waals surface area contributed by atoms with Crippen molar-refractivity contribution in [2.24, 2.45) is 0 Å². The first-order chi connectivity index (χ1) is 15.0. The van der Waals surface area contributed by atoms with Crippen molar-refractivity contribution in [3.8, 4) is 16.9 Å². The zero-order chi connectivity index (χ0) is 22.2. The lowest BCUT2D eigenvalue weighted by Crippen LogP contribution is -2.14. The van der Waals surface area contributed by atoms with Crippen LogP contribution in [-0.2, 0) is 0 Å². The van der Waals surface area contributed by atoms with Crippen molar-refractivity contribution in [1.29, 1.82) is 0 Å². The largest absolute Gasteiger partial charge is 0.494 e. The lowest BCUT2D eigenvalue weighted by atomic mass is 9.98. The molecular weight excluding hydrogens is 438 g/mol. The van der Waals surface area contributed by atoms with E-state index in [-0.39, 0.29) is 12.0 Å². The number of pyridine rings is 2. The molecule has 4 rings (SSSR count). The molecule has 3 aromatic heterocycles. The first kappa shape index (κ1) is 23.1. The van der Waals surface area contributed by atoms with Gasteiger partial charge in [0.05, 0.1) is 25.0 Å². The summed E-state index contributed by atoms with van der Waals surface area (Å²) in [6.45, 7) is 1.84. The van der Waals surface area contributed by atoms with Crippen LogP contribution in [0.15, 0.2) is 30.0 Å². The van der Waals surface area contributed by atoms with Crippen molar-refractivity contribution in [1.82, 2.24) is 20.2 Å². The van der Waals surface area contributed by atoms with Crippen LogP contribution >= 0.6 is 22.9 Å². The van der Waals surface area contributed by atoms with Crippen LogP contribution in [-0.4, -0.2) is 44.4 Å². The topological polar surface area (TPSA) is 110 Å². The van der Waals surface area contributed by atoms with Gasteiger partial charge in [0.15, 0.2) is 0 Å². The summed E-state index contributed by atoms with van der Waals surface area (Å²) in [7, 11) is 1.53. The van der Waals surface area contributed by atoms with Gasteiger partial charge in [-0.05, 0) is 31.9 Å². The van der Waals surface area contributed by atoms with Crippen molar-refractivity contribution in [3.63, 3.8) is 0 Å². The van der Waals surface area contributed by atoms with Gasteiger partial charge in [0, 0.05) is 23.0 Å². The van der Waals surface area contributed by atoms with E-state index in [4.69, 9.17) is 21.4 Å². The van der Waals surface area contributed by atoms with E-state index in [1.54, 1.807) is 12.1 Å². The average molecular weight is 462 g/mol. The highest BCUT2D eigenvalue weighted by Crippen LogP contribution is 2.34. The van der Waals surface area contributed by atoms with E-state index in [1.807, 2.05) is 6.92 Å². The molecule has 10 heteroatoms. The number of hydrogen-bond acceptors (Lipinski definition) is 8. The van der Waals surface area contributed by atoms with Gasteiger partial charge in [0.1, 0.15) is 16.4 Å². The second-order valence-electron chi connectivity index (χ2n) is 7.07. The average Bonchev–Trinajstić information content (AvgIpc) is 3.27. The van der Waals surface area contributed by atoms with Gasteiger partial charge in [-0.2, -0.15) is 0 Å². The maximum absolute atomic E-state index is 12.6. The van der Waals surface area contributed by atoms with E-state index < -0.39 is 0 Å². The number of nitrogens with zero attached hydrogens (tertiary/aromatic N) is 4. The molecule has 3 aromatic rings. The fraction of sp³-hybridized carbons (Fsp3) is 0.381. The number of ether oxygens (including phenoxy) is 1. The van der Waals surface area contributed by atoms with Gasteiger partial charge in [-0.25, -0.2) is 4.98 Å². The van der Waals surface area contributed by atoms with E-state index in [0.29, 0.717) is 32.7 Å². The highest BCUT2D eigenvalue weighted by molar-refractivity contribution is 7.13. The predicted octanol–water partition coefficient (Wildman–Crippen LogP) is 4.53. The van der Waals surface area contributed by atoms with Crippen molar-refractivity contribution in [3.05, 3.63) is 46.4 Å². The molecule has 0 atom stereocenters. The van der Waals surface area contributed by atoms with Gasteiger partial charge in [0.2, 0.25) is 5.13 Å². The molecule has 31 heavy (non-hydrogen) atoms. The quantitative estimate of drug-likeness (QED) is 0.549. The molecule has 1 saturated carbocycles. The number of rotatable bonds is 4. The summed E-state index contributed by atoms with van der Waals surface area (Å²) >= 11 is 7.24. The number of halogens is 1. The Labute approximate surface area is 189 Å². The minimum Gasteiger partial charge on any atom is -0.494 e. The Morgan fingerprint density at radius 2 is 1.97 bits per heavy atom. The molecule has 0 unspecified atom stereocenters. The smallest absolute Gasteiger partial charge is 0.259 e. The van der Waals surface area contributed by atoms with E-state index in [0.717, 1.165) is 18.5 Å². The van der Waals surface area contributed by atoms with E-state index in [9.17, 15) is 4.79 Å². The van der Waals surface area contributed by atoms with Gasteiger partial charge in [-0.3, -0.25) is 15.1 Å². The summed E-state index contributed by atoms with van der Waals surface area (Å²) in [5.74, 6) is 0.166. The number of aromatic nitrogens is 4. The number of carbonyl (C=O) groups excluding carboxylic acids is 1. The van der Waals surface area contributed by atoms with E-state index in [1.165, 1.54) is 55.6 Å². The number of anilines is 1. The summed E-state index contributed by atoms with van der Waals surface area (Å²) in [6, 6.07) is 3.44. The Hall–Kier alpha value is -2.62. The van der Waals surface area contributed by atoms with Crippen LogP contribution in [0.4, 0.5) is 5.13 Å². The molecule has 3 heterocycles. The van der Waals surface area contributed by atoms with Gasteiger partial charge in [-0.15, -0.1) is 10.2 Å². The monoisotopic (exact) mass is 461 g/mol. The number of aryl methyl sites for hydroxylation is 1. The number of nitrogens with one attached hydrogen (secondary N) is 1. The van der Waals surface area contributed by atoms with Crippen LogP contribution in [0.3, 0.4) is 0 Å². The second kappa shape index (κ2) is 11.1. The van der Waals surface area contributed by atoms with Gasteiger partial charge < -0.3 is 9.84 Å². The molecule has 1 aliphatic rings. The Morgan fingerprint density at radius 1 is 1.19 bits per heavy atom. The molecule has 0 bridgehead atoms. The summed E-state index contributed by atoms with van der Waals surface area (Å²) in [6.07, 6.45) is 8.95. The van der Waals surface area contributed by atoms with Crippen LogP contribution in [0, 0.1) is 6.92 Å². The molecular formula is C21H24ClN5O3S. The van der Waals surface area contributed by atoms with E-state index in [2.05, 4.69) is 25.5 Å². The number of aliphatic hydroxyl groups excluding tert-OH is 1. The fourth-order valence-electron chi connectivity index (χ4n) is 3.23. The van der Waals surface area contributed by atoms with Crippen molar-refractivity contribution < 1.29 is 14.6 Å². The highest BCUT2D eigenvalue weighted by Gasteiger charge is 2.18. The molecule has 2 N–H and O–H groups in total. The Balaban J connectivity index is 0.000000330. The third-order valence-corrected chi connectivity index (χ3v) is 5.60. The van der Waals surface area contributed by atoms with Gasteiger partial charge in [0.25, 0.3) is 5.91 Å². The molecule has 1 aliphatic carbocycles. The van der Waals surface area contributed by atoms with Crippen LogP contribution in [0.25, 0.3) is 11.1 Å². The minimum atomic E-state index is -0.343. The number of hydrogen-bond donors (Lipinski definition) is 2. The molecule has 0 aliphatic heterocycles. The zero-order valence-electron chi connectivity index (χ0n) is 17.3. The molecule has 0 aromatic carbocycles. The van der Waals surface area contributed by atoms with Crippen molar-refractivity contribution in [2.75, 3.05) is 12.4 Å². The summed E-state index contributed by atoms with van der Waals surface area (Å²) < 4.78 is 5.34. The standard InChI is InChI=1S/C15H12ClN5O2S.C6H12O/c1-8-3-9(10-4-13(16)18-6-12(10)23-2)11(5-17-8)14(22)20-15-21-19-7-24-15;7-6-4-2-1-3-5-6/h3-7H,1-2H3,(H,20,21,22);6-7H,1-5H2. The summed E-state index contributed by atoms with van der Waals surface area (Å²) in [5.41, 5.74) is 3.97. The van der Waals surface area contributed by atoms with Crippen LogP contribution in [0.1, 0.15) is 48.2 Å². The first-order valence-corrected chi connectivity index (χ1v) is 11.2. The second-order valence-corrected chi connectivity index (χ2v) is 8.29. The summed E-state index contributed by atoms with van der Waals surface area (Å²) in [5, 5.41) is 19.8. The van der Waals surface area contributed by atoms with Crippen molar-refractivity contribution in [2.45, 2.75) is 45.1 Å². The Kier molecular flexibility index (Phi) is 8.27. The molecule has 0 radical (unpaired) electrons. The maximum atomic E-state index is 12.6. The molecule has 1 amide bonds. The van der Waals surface area contributed by atoms with Crippen molar-refractivity contribution >= 4 is 34.0 Å². The number of aliphatic hydroxyl groups is 1. The molecule has 0 spiro atoms. The Bertz CT molecular complexity index is 1010. The lowest BCUT2D eigenvalue weighted by Gasteiger charge is -2.14. The normalized spacial score (nSPS) is 13.8. The number of methoxy groups -OCH3 is 1. The van der Waals surface area contributed by atoms with Crippen LogP contribution < -0.4 is 10.1 Å². The SMILES string of the molecule is COc1cnc(Cl)cc1-c1cc(C)ncc1C(=O)Nc1nncs1.OC1CCCCC1. The maximum Gasteiger partial charge on any atom is 0.259 e. The third-order valence-electron chi connectivity index (χ3n) is 4.78.